The van der Waals surface area contributed by atoms with Gasteiger partial charge in [-0.1, -0.05) is 236 Å². The van der Waals surface area contributed by atoms with E-state index >= 15 is 0 Å². The summed E-state index contributed by atoms with van der Waals surface area (Å²) in [7, 11) is 0. The van der Waals surface area contributed by atoms with E-state index in [0.717, 1.165) is 83.5 Å². The summed E-state index contributed by atoms with van der Waals surface area (Å²) in [5.74, 6) is -0.519. The first-order valence-electron chi connectivity index (χ1n) is 27.4. The van der Waals surface area contributed by atoms with Crippen LogP contribution in [0, 0.1) is 0 Å². The summed E-state index contributed by atoms with van der Waals surface area (Å²) in [6.07, 6.45) is 61.7. The SMILES string of the molecule is CCCCCCC/C=C/C=C/C=C/CCCCCC(CC(=O)NC(CO)C(O)CCCCCCCCCCCCCCCC)OC(=O)CCCCC/C=C\CCCCCCCCC. The molecule has 63 heavy (non-hydrogen) atoms. The average molecular weight is 884 g/mol. The zero-order valence-corrected chi connectivity index (χ0v) is 42.0. The van der Waals surface area contributed by atoms with Crippen molar-refractivity contribution < 1.29 is 24.5 Å². The van der Waals surface area contributed by atoms with Crippen LogP contribution in [0.15, 0.2) is 48.6 Å². The molecular weight excluding hydrogens is 779 g/mol. The molecule has 0 saturated heterocycles. The van der Waals surface area contributed by atoms with Crippen LogP contribution in [-0.4, -0.2) is 46.9 Å². The highest BCUT2D eigenvalue weighted by Gasteiger charge is 2.24. The van der Waals surface area contributed by atoms with E-state index in [9.17, 15) is 19.8 Å². The number of ether oxygens (including phenoxy) is 1. The van der Waals surface area contributed by atoms with Crippen LogP contribution >= 0.6 is 0 Å². The number of allylic oxidation sites excluding steroid dienone is 8. The van der Waals surface area contributed by atoms with Gasteiger partial charge < -0.3 is 20.3 Å². The smallest absolute Gasteiger partial charge is 0.306 e. The van der Waals surface area contributed by atoms with Crippen LogP contribution in [0.4, 0.5) is 0 Å². The van der Waals surface area contributed by atoms with Gasteiger partial charge in [0, 0.05) is 6.42 Å². The first kappa shape index (κ1) is 60.8. The number of unbranched alkanes of at least 4 members (excludes halogenated alkanes) is 31. The van der Waals surface area contributed by atoms with Crippen molar-refractivity contribution in [3.63, 3.8) is 0 Å². The molecule has 6 nitrogen and oxygen atoms in total. The number of carbonyl (C=O) groups is 2. The maximum absolute atomic E-state index is 13.2. The van der Waals surface area contributed by atoms with Crippen molar-refractivity contribution >= 4 is 11.9 Å². The number of hydrogen-bond acceptors (Lipinski definition) is 5. The number of hydrogen-bond donors (Lipinski definition) is 3. The van der Waals surface area contributed by atoms with Gasteiger partial charge in [-0.15, -0.1) is 0 Å². The van der Waals surface area contributed by atoms with Gasteiger partial charge in [-0.3, -0.25) is 9.59 Å². The minimum Gasteiger partial charge on any atom is -0.462 e. The fraction of sp³-hybridized carbons (Fsp3) is 0.825. The molecule has 0 rings (SSSR count). The highest BCUT2D eigenvalue weighted by Crippen LogP contribution is 2.17. The number of carbonyl (C=O) groups excluding carboxylic acids is 2. The number of aliphatic hydroxyl groups is 2. The van der Waals surface area contributed by atoms with Gasteiger partial charge in [-0.25, -0.2) is 0 Å². The summed E-state index contributed by atoms with van der Waals surface area (Å²) in [5, 5.41) is 23.8. The second kappa shape index (κ2) is 50.8. The quantitative estimate of drug-likeness (QED) is 0.0245. The molecule has 0 aromatic rings. The van der Waals surface area contributed by atoms with Gasteiger partial charge in [0.1, 0.15) is 6.10 Å². The Labute approximate surface area is 391 Å². The largest absolute Gasteiger partial charge is 0.462 e. The van der Waals surface area contributed by atoms with E-state index in [0.29, 0.717) is 19.3 Å². The van der Waals surface area contributed by atoms with E-state index in [1.165, 1.54) is 148 Å². The molecule has 0 saturated carbocycles. The molecule has 0 radical (unpaired) electrons. The Balaban J connectivity index is 4.66. The molecule has 0 fully saturated rings. The van der Waals surface area contributed by atoms with E-state index in [4.69, 9.17) is 4.74 Å². The number of aliphatic hydroxyl groups excluding tert-OH is 2. The van der Waals surface area contributed by atoms with Crippen molar-refractivity contribution in [2.75, 3.05) is 6.61 Å². The van der Waals surface area contributed by atoms with Gasteiger partial charge in [-0.2, -0.15) is 0 Å². The van der Waals surface area contributed by atoms with Crippen LogP contribution in [0.2, 0.25) is 0 Å². The van der Waals surface area contributed by atoms with Crippen LogP contribution in [0.1, 0.15) is 278 Å². The number of amides is 1. The molecule has 6 heteroatoms. The summed E-state index contributed by atoms with van der Waals surface area (Å²) in [6, 6.07) is -0.715. The van der Waals surface area contributed by atoms with Crippen molar-refractivity contribution in [1.29, 1.82) is 0 Å². The van der Waals surface area contributed by atoms with Crippen LogP contribution < -0.4 is 5.32 Å². The standard InChI is InChI=1S/C57H105NO5/c1-4-7-10-13-16-19-22-25-28-29-30-33-36-39-42-45-48-53(63-57(62)50-47-44-41-38-35-32-27-24-21-18-15-12-9-6-3)51-56(61)58-54(52-59)55(60)49-46-43-40-37-34-31-26-23-20-17-14-11-8-5-2/h22,25,28-30,32-33,35,53-55,59-60H,4-21,23-24,26-27,31,34,36-52H2,1-3H3,(H,58,61)/b25-22+,29-28+,33-30+,35-32-. The molecule has 368 valence electrons. The first-order valence-corrected chi connectivity index (χ1v) is 27.4. The number of rotatable bonds is 49. The zero-order chi connectivity index (χ0) is 45.9. The minimum atomic E-state index is -0.799. The normalized spacial score (nSPS) is 13.5. The van der Waals surface area contributed by atoms with Gasteiger partial charge in [0.2, 0.25) is 5.91 Å². The maximum Gasteiger partial charge on any atom is 0.306 e. The highest BCUT2D eigenvalue weighted by atomic mass is 16.5. The molecule has 0 heterocycles. The maximum atomic E-state index is 13.2. The number of esters is 1. The molecule has 0 bridgehead atoms. The van der Waals surface area contributed by atoms with E-state index in [1.54, 1.807) is 0 Å². The monoisotopic (exact) mass is 884 g/mol. The Hall–Kier alpha value is -2.18. The van der Waals surface area contributed by atoms with Gasteiger partial charge in [0.05, 0.1) is 25.2 Å². The Kier molecular flexibility index (Phi) is 49.1. The lowest BCUT2D eigenvalue weighted by molar-refractivity contribution is -0.151. The zero-order valence-electron chi connectivity index (χ0n) is 42.0. The molecule has 0 spiro atoms. The molecule has 1 amide bonds. The topological polar surface area (TPSA) is 95.9 Å². The third-order valence-corrected chi connectivity index (χ3v) is 12.4. The van der Waals surface area contributed by atoms with E-state index in [2.05, 4.69) is 74.7 Å². The summed E-state index contributed by atoms with van der Waals surface area (Å²) < 4.78 is 5.92. The molecule has 0 aliphatic carbocycles. The molecule has 0 aromatic heterocycles. The summed E-state index contributed by atoms with van der Waals surface area (Å²) in [5.41, 5.74) is 0. The Morgan fingerprint density at radius 2 is 0.825 bits per heavy atom. The van der Waals surface area contributed by atoms with Gasteiger partial charge >= 0.3 is 5.97 Å². The van der Waals surface area contributed by atoms with Crippen LogP contribution in [-0.2, 0) is 14.3 Å². The van der Waals surface area contributed by atoms with Crippen molar-refractivity contribution in [2.45, 2.75) is 296 Å². The Bertz CT molecular complexity index is 1080. The van der Waals surface area contributed by atoms with E-state index in [-0.39, 0.29) is 24.9 Å². The fourth-order valence-electron chi connectivity index (χ4n) is 8.25. The highest BCUT2D eigenvalue weighted by molar-refractivity contribution is 5.77. The third kappa shape index (κ3) is 46.2. The first-order chi connectivity index (χ1) is 31.0. The average Bonchev–Trinajstić information content (AvgIpc) is 3.28. The summed E-state index contributed by atoms with van der Waals surface area (Å²) in [6.45, 7) is 6.47. The Morgan fingerprint density at radius 3 is 1.27 bits per heavy atom. The summed E-state index contributed by atoms with van der Waals surface area (Å²) in [4.78, 5) is 26.2. The van der Waals surface area contributed by atoms with Crippen LogP contribution in [0.25, 0.3) is 0 Å². The molecule has 0 aliphatic rings. The lowest BCUT2D eigenvalue weighted by atomic mass is 10.0. The second-order valence-electron chi connectivity index (χ2n) is 18.7. The third-order valence-electron chi connectivity index (χ3n) is 12.4. The minimum absolute atomic E-state index is 0.0499. The molecule has 3 unspecified atom stereocenters. The lowest BCUT2D eigenvalue weighted by Crippen LogP contribution is -2.46. The van der Waals surface area contributed by atoms with Crippen molar-refractivity contribution in [3.8, 4) is 0 Å². The molecule has 3 atom stereocenters. The molecule has 3 N–H and O–H groups in total. The van der Waals surface area contributed by atoms with Gasteiger partial charge in [0.25, 0.3) is 0 Å². The van der Waals surface area contributed by atoms with Crippen LogP contribution in [0.3, 0.4) is 0 Å². The van der Waals surface area contributed by atoms with Gasteiger partial charge in [0.15, 0.2) is 0 Å². The molecule has 0 aliphatic heterocycles. The fourth-order valence-corrected chi connectivity index (χ4v) is 8.25. The molecule has 0 aromatic carbocycles. The second-order valence-corrected chi connectivity index (χ2v) is 18.7. The van der Waals surface area contributed by atoms with E-state index in [1.807, 2.05) is 0 Å². The van der Waals surface area contributed by atoms with Crippen molar-refractivity contribution in [2.24, 2.45) is 0 Å². The van der Waals surface area contributed by atoms with Crippen molar-refractivity contribution in [3.05, 3.63) is 48.6 Å². The lowest BCUT2D eigenvalue weighted by Gasteiger charge is -2.24. The molecular formula is C57H105NO5. The predicted octanol–water partition coefficient (Wildman–Crippen LogP) is 16.6. The predicted molar refractivity (Wildman–Crippen MR) is 273 cm³/mol. The van der Waals surface area contributed by atoms with Crippen LogP contribution in [0.5, 0.6) is 0 Å². The van der Waals surface area contributed by atoms with Crippen molar-refractivity contribution in [1.82, 2.24) is 5.32 Å². The van der Waals surface area contributed by atoms with Gasteiger partial charge in [-0.05, 0) is 77.0 Å². The van der Waals surface area contributed by atoms with E-state index < -0.39 is 18.2 Å². The summed E-state index contributed by atoms with van der Waals surface area (Å²) >= 11 is 0. The number of nitrogens with one attached hydrogen (secondary N) is 1. The Morgan fingerprint density at radius 1 is 0.460 bits per heavy atom.